The van der Waals surface area contributed by atoms with Gasteiger partial charge in [-0.3, -0.25) is 0 Å². The highest BCUT2D eigenvalue weighted by Gasteiger charge is 2.08. The van der Waals surface area contributed by atoms with E-state index in [1.54, 1.807) is 6.07 Å². The van der Waals surface area contributed by atoms with Gasteiger partial charge in [0.15, 0.2) is 5.84 Å². The van der Waals surface area contributed by atoms with Crippen molar-refractivity contribution in [3.05, 3.63) is 28.8 Å². The van der Waals surface area contributed by atoms with Crippen LogP contribution in [0.2, 0.25) is 5.02 Å². The molecule has 0 aliphatic rings. The number of rotatable bonds is 4. The Labute approximate surface area is 100 Å². The van der Waals surface area contributed by atoms with Gasteiger partial charge in [-0.1, -0.05) is 23.7 Å². The molecule has 1 aromatic carbocycles. The average Bonchev–Trinajstić information content (AvgIpc) is 2.28. The van der Waals surface area contributed by atoms with Crippen LogP contribution in [0.4, 0.5) is 5.69 Å². The molecule has 0 saturated heterocycles. The number of hydrogen-bond donors (Lipinski definition) is 2. The molecule has 88 valence electrons. The molecule has 0 saturated carbocycles. The smallest absolute Gasteiger partial charge is 0.171 e. The summed E-state index contributed by atoms with van der Waals surface area (Å²) in [5, 5.41) is 12.0. The zero-order valence-corrected chi connectivity index (χ0v) is 10.2. The van der Waals surface area contributed by atoms with E-state index in [2.05, 4.69) is 17.0 Å². The predicted octanol–water partition coefficient (Wildman–Crippen LogP) is 2.28. The second-order valence-electron chi connectivity index (χ2n) is 3.57. The third-order valence-electron chi connectivity index (χ3n) is 2.34. The Balaban J connectivity index is 2.99. The van der Waals surface area contributed by atoms with Crippen LogP contribution in [0.25, 0.3) is 0 Å². The van der Waals surface area contributed by atoms with Crippen LogP contribution in [0, 0.1) is 0 Å². The molecule has 0 atom stereocenters. The molecule has 0 amide bonds. The van der Waals surface area contributed by atoms with E-state index in [0.29, 0.717) is 10.6 Å². The van der Waals surface area contributed by atoms with Crippen molar-refractivity contribution in [1.82, 2.24) is 0 Å². The van der Waals surface area contributed by atoms with E-state index in [-0.39, 0.29) is 5.84 Å². The van der Waals surface area contributed by atoms with Gasteiger partial charge in [0.1, 0.15) is 0 Å². The fourth-order valence-corrected chi connectivity index (χ4v) is 1.74. The topological polar surface area (TPSA) is 61.8 Å². The van der Waals surface area contributed by atoms with E-state index >= 15 is 0 Å². The minimum absolute atomic E-state index is 0.0229. The van der Waals surface area contributed by atoms with Gasteiger partial charge in [-0.2, -0.15) is 0 Å². The first-order valence-corrected chi connectivity index (χ1v) is 5.46. The summed E-state index contributed by atoms with van der Waals surface area (Å²) in [7, 11) is 2.00. The monoisotopic (exact) mass is 241 g/mol. The Morgan fingerprint density at radius 3 is 2.75 bits per heavy atom. The van der Waals surface area contributed by atoms with E-state index in [4.69, 9.17) is 22.5 Å². The standard InChI is InChI=1S/C11H16ClN3O/c1-3-6-15(2)8-4-5-9(10(12)7-8)11(13)14-16/h4-5,7,16H,3,6H2,1-2H3,(H2,13,14). The summed E-state index contributed by atoms with van der Waals surface area (Å²) >= 11 is 6.05. The number of hydrogen-bond acceptors (Lipinski definition) is 3. The Kier molecular flexibility index (Phi) is 4.43. The van der Waals surface area contributed by atoms with Gasteiger partial charge in [-0.15, -0.1) is 0 Å². The molecule has 0 unspecified atom stereocenters. The third-order valence-corrected chi connectivity index (χ3v) is 2.65. The van der Waals surface area contributed by atoms with Crippen LogP contribution in [0.1, 0.15) is 18.9 Å². The van der Waals surface area contributed by atoms with Crippen molar-refractivity contribution in [2.24, 2.45) is 10.9 Å². The second kappa shape index (κ2) is 5.61. The first-order valence-electron chi connectivity index (χ1n) is 5.08. The van der Waals surface area contributed by atoms with Gasteiger partial charge >= 0.3 is 0 Å². The number of benzene rings is 1. The highest BCUT2D eigenvalue weighted by molar-refractivity contribution is 6.34. The molecule has 3 N–H and O–H groups in total. The molecule has 0 aliphatic carbocycles. The normalized spacial score (nSPS) is 11.6. The number of amidine groups is 1. The van der Waals surface area contributed by atoms with Crippen molar-refractivity contribution in [1.29, 1.82) is 0 Å². The summed E-state index contributed by atoms with van der Waals surface area (Å²) < 4.78 is 0. The van der Waals surface area contributed by atoms with Crippen molar-refractivity contribution < 1.29 is 5.21 Å². The number of halogens is 1. The van der Waals surface area contributed by atoms with Crippen molar-refractivity contribution >= 4 is 23.1 Å². The maximum absolute atomic E-state index is 8.57. The van der Waals surface area contributed by atoms with Crippen LogP contribution in [0.3, 0.4) is 0 Å². The Bertz CT molecular complexity index is 393. The molecule has 16 heavy (non-hydrogen) atoms. The summed E-state index contributed by atoms with van der Waals surface area (Å²) in [6.07, 6.45) is 1.07. The first kappa shape index (κ1) is 12.6. The van der Waals surface area contributed by atoms with Crippen molar-refractivity contribution in [2.75, 3.05) is 18.5 Å². The molecule has 0 bridgehead atoms. The van der Waals surface area contributed by atoms with Gasteiger partial charge in [-0.05, 0) is 24.6 Å². The van der Waals surface area contributed by atoms with Crippen LogP contribution in [-0.2, 0) is 0 Å². The van der Waals surface area contributed by atoms with E-state index in [9.17, 15) is 0 Å². The molecule has 5 heteroatoms. The highest BCUT2D eigenvalue weighted by atomic mass is 35.5. The van der Waals surface area contributed by atoms with Crippen LogP contribution in [0.15, 0.2) is 23.4 Å². The lowest BCUT2D eigenvalue weighted by Crippen LogP contribution is -2.18. The van der Waals surface area contributed by atoms with Gasteiger partial charge < -0.3 is 15.8 Å². The van der Waals surface area contributed by atoms with Crippen LogP contribution in [-0.4, -0.2) is 24.6 Å². The zero-order valence-electron chi connectivity index (χ0n) is 9.44. The lowest BCUT2D eigenvalue weighted by Gasteiger charge is -2.19. The third kappa shape index (κ3) is 2.79. The molecule has 0 radical (unpaired) electrons. The molecule has 4 nitrogen and oxygen atoms in total. The fraction of sp³-hybridized carbons (Fsp3) is 0.364. The van der Waals surface area contributed by atoms with Crippen molar-refractivity contribution in [3.8, 4) is 0 Å². The molecular formula is C11H16ClN3O. The van der Waals surface area contributed by atoms with Crippen LogP contribution in [0.5, 0.6) is 0 Å². The molecule has 0 aliphatic heterocycles. The van der Waals surface area contributed by atoms with Gasteiger partial charge in [0, 0.05) is 24.8 Å². The Hall–Kier alpha value is -1.42. The molecule has 0 aromatic heterocycles. The minimum Gasteiger partial charge on any atom is -0.409 e. The van der Waals surface area contributed by atoms with Crippen molar-refractivity contribution in [3.63, 3.8) is 0 Å². The maximum atomic E-state index is 8.57. The van der Waals surface area contributed by atoms with Gasteiger partial charge in [0.25, 0.3) is 0 Å². The van der Waals surface area contributed by atoms with E-state index in [0.717, 1.165) is 18.7 Å². The van der Waals surface area contributed by atoms with Gasteiger partial charge in [0.05, 0.1) is 5.02 Å². The number of nitrogens with zero attached hydrogens (tertiary/aromatic N) is 2. The minimum atomic E-state index is 0.0229. The van der Waals surface area contributed by atoms with E-state index in [1.807, 2.05) is 19.2 Å². The maximum Gasteiger partial charge on any atom is 0.171 e. The van der Waals surface area contributed by atoms with Crippen LogP contribution >= 0.6 is 11.6 Å². The summed E-state index contributed by atoms with van der Waals surface area (Å²) in [4.78, 5) is 2.10. The number of anilines is 1. The first-order chi connectivity index (χ1) is 7.60. The molecule has 0 heterocycles. The van der Waals surface area contributed by atoms with Crippen LogP contribution < -0.4 is 10.6 Å². The number of nitrogens with two attached hydrogens (primary N) is 1. The molecule has 0 fully saturated rings. The fourth-order valence-electron chi connectivity index (χ4n) is 1.47. The Morgan fingerprint density at radius 2 is 2.25 bits per heavy atom. The summed E-state index contributed by atoms with van der Waals surface area (Å²) in [5.41, 5.74) is 7.04. The molecule has 0 spiro atoms. The molecular weight excluding hydrogens is 226 g/mol. The lowest BCUT2D eigenvalue weighted by atomic mass is 10.2. The summed E-state index contributed by atoms with van der Waals surface area (Å²) in [6, 6.07) is 5.46. The van der Waals surface area contributed by atoms with Crippen molar-refractivity contribution in [2.45, 2.75) is 13.3 Å². The molecule has 1 rings (SSSR count). The van der Waals surface area contributed by atoms with Gasteiger partial charge in [-0.25, -0.2) is 0 Å². The number of oxime groups is 1. The second-order valence-corrected chi connectivity index (χ2v) is 3.98. The summed E-state index contributed by atoms with van der Waals surface area (Å²) in [6.45, 7) is 3.07. The quantitative estimate of drug-likeness (QED) is 0.368. The van der Waals surface area contributed by atoms with Gasteiger partial charge in [0.2, 0.25) is 0 Å². The zero-order chi connectivity index (χ0) is 12.1. The SMILES string of the molecule is CCCN(C)c1ccc(C(N)=NO)c(Cl)c1. The summed E-state index contributed by atoms with van der Waals surface area (Å²) in [5.74, 6) is 0.0229. The van der Waals surface area contributed by atoms with E-state index in [1.165, 1.54) is 0 Å². The average molecular weight is 242 g/mol. The van der Waals surface area contributed by atoms with E-state index < -0.39 is 0 Å². The predicted molar refractivity (Wildman–Crippen MR) is 67.5 cm³/mol. The molecule has 1 aromatic rings. The largest absolute Gasteiger partial charge is 0.409 e. The Morgan fingerprint density at radius 1 is 1.56 bits per heavy atom. The highest BCUT2D eigenvalue weighted by Crippen LogP contribution is 2.23. The lowest BCUT2D eigenvalue weighted by molar-refractivity contribution is 0.318.